The van der Waals surface area contributed by atoms with Gasteiger partial charge in [-0.25, -0.2) is 4.98 Å². The van der Waals surface area contributed by atoms with Crippen molar-refractivity contribution in [2.75, 3.05) is 0 Å². The first-order valence-electron chi connectivity index (χ1n) is 3.82. The lowest BCUT2D eigenvalue weighted by atomic mass is 10.2. The average molecular weight is 152 g/mol. The van der Waals surface area contributed by atoms with Crippen LogP contribution in [0.2, 0.25) is 0 Å². The molecule has 0 N–H and O–H groups in total. The second kappa shape index (κ2) is 3.32. The normalized spacial score (nSPS) is 10.0. The van der Waals surface area contributed by atoms with Gasteiger partial charge in [0.15, 0.2) is 5.78 Å². The van der Waals surface area contributed by atoms with Crippen LogP contribution in [0.25, 0.3) is 0 Å². The number of carbonyl (C=O) groups excluding carboxylic acids is 1. The Bertz CT molecular complexity index is 252. The monoisotopic (exact) mass is 152 g/mol. The molecule has 0 spiro atoms. The Morgan fingerprint density at radius 3 is 2.91 bits per heavy atom. The molecule has 1 rings (SSSR count). The van der Waals surface area contributed by atoms with E-state index in [1.165, 1.54) is 0 Å². The molecule has 0 aliphatic heterocycles. The van der Waals surface area contributed by atoms with E-state index in [1.54, 1.807) is 12.5 Å². The standard InChI is InChI=1S/C8H12N2O/c1-3-8(11)7-5-9-6-10(7)4-2/h5-6H,3-4H2,1-2H3. The van der Waals surface area contributed by atoms with Crippen LogP contribution >= 0.6 is 0 Å². The summed E-state index contributed by atoms with van der Waals surface area (Å²) >= 11 is 0. The van der Waals surface area contributed by atoms with E-state index >= 15 is 0 Å². The van der Waals surface area contributed by atoms with Crippen molar-refractivity contribution in [1.29, 1.82) is 0 Å². The van der Waals surface area contributed by atoms with Gasteiger partial charge >= 0.3 is 0 Å². The maximum absolute atomic E-state index is 11.2. The second-order valence-electron chi connectivity index (χ2n) is 2.34. The number of hydrogen-bond acceptors (Lipinski definition) is 2. The number of carbonyl (C=O) groups is 1. The fourth-order valence-electron chi connectivity index (χ4n) is 0.986. The van der Waals surface area contributed by atoms with Crippen molar-refractivity contribution >= 4 is 5.78 Å². The van der Waals surface area contributed by atoms with Gasteiger partial charge in [0.2, 0.25) is 0 Å². The fourth-order valence-corrected chi connectivity index (χ4v) is 0.986. The number of aromatic nitrogens is 2. The highest BCUT2D eigenvalue weighted by molar-refractivity contribution is 5.94. The highest BCUT2D eigenvalue weighted by Crippen LogP contribution is 2.02. The van der Waals surface area contributed by atoms with Gasteiger partial charge in [-0.2, -0.15) is 0 Å². The highest BCUT2D eigenvalue weighted by atomic mass is 16.1. The Labute approximate surface area is 66.1 Å². The van der Waals surface area contributed by atoms with Gasteiger partial charge in [0, 0.05) is 13.0 Å². The zero-order valence-electron chi connectivity index (χ0n) is 6.87. The van der Waals surface area contributed by atoms with Crippen LogP contribution in [-0.4, -0.2) is 15.3 Å². The third-order valence-electron chi connectivity index (χ3n) is 1.66. The van der Waals surface area contributed by atoms with Crippen LogP contribution in [0.4, 0.5) is 0 Å². The molecule has 0 unspecified atom stereocenters. The number of imidazole rings is 1. The van der Waals surface area contributed by atoms with E-state index in [9.17, 15) is 4.79 Å². The van der Waals surface area contributed by atoms with Crippen molar-refractivity contribution in [2.45, 2.75) is 26.8 Å². The minimum atomic E-state index is 0.157. The topological polar surface area (TPSA) is 34.9 Å². The number of hydrogen-bond donors (Lipinski definition) is 0. The lowest BCUT2D eigenvalue weighted by Gasteiger charge is -2.00. The highest BCUT2D eigenvalue weighted by Gasteiger charge is 2.06. The molecule has 0 radical (unpaired) electrons. The van der Waals surface area contributed by atoms with Gasteiger partial charge < -0.3 is 4.57 Å². The first kappa shape index (κ1) is 7.98. The molecule has 0 fully saturated rings. The summed E-state index contributed by atoms with van der Waals surface area (Å²) < 4.78 is 1.85. The molecule has 0 aliphatic carbocycles. The predicted molar refractivity (Wildman–Crippen MR) is 42.5 cm³/mol. The van der Waals surface area contributed by atoms with Gasteiger partial charge in [0.1, 0.15) is 5.69 Å². The molecule has 0 aliphatic rings. The minimum absolute atomic E-state index is 0.157. The summed E-state index contributed by atoms with van der Waals surface area (Å²) in [7, 11) is 0. The molecular weight excluding hydrogens is 140 g/mol. The van der Waals surface area contributed by atoms with Crippen molar-refractivity contribution in [3.63, 3.8) is 0 Å². The number of ketones is 1. The first-order chi connectivity index (χ1) is 5.29. The van der Waals surface area contributed by atoms with Crippen molar-refractivity contribution in [2.24, 2.45) is 0 Å². The Morgan fingerprint density at radius 2 is 2.36 bits per heavy atom. The van der Waals surface area contributed by atoms with Crippen molar-refractivity contribution < 1.29 is 4.79 Å². The van der Waals surface area contributed by atoms with Crippen LogP contribution in [0.3, 0.4) is 0 Å². The Kier molecular flexibility index (Phi) is 2.41. The molecule has 3 nitrogen and oxygen atoms in total. The summed E-state index contributed by atoms with van der Waals surface area (Å²) in [6.45, 7) is 4.66. The maximum atomic E-state index is 11.2. The molecule has 0 bridgehead atoms. The van der Waals surface area contributed by atoms with E-state index < -0.39 is 0 Å². The van der Waals surface area contributed by atoms with Gasteiger partial charge in [0.05, 0.1) is 12.5 Å². The summed E-state index contributed by atoms with van der Waals surface area (Å²) in [5, 5.41) is 0. The van der Waals surface area contributed by atoms with Crippen LogP contribution in [0.1, 0.15) is 30.8 Å². The quantitative estimate of drug-likeness (QED) is 0.615. The lowest BCUT2D eigenvalue weighted by Crippen LogP contribution is -2.05. The van der Waals surface area contributed by atoms with Gasteiger partial charge in [-0.05, 0) is 6.92 Å². The summed E-state index contributed by atoms with van der Waals surface area (Å²) in [6, 6.07) is 0. The zero-order chi connectivity index (χ0) is 8.27. The predicted octanol–water partition coefficient (Wildman–Crippen LogP) is 1.50. The fraction of sp³-hybridized carbons (Fsp3) is 0.500. The van der Waals surface area contributed by atoms with Crippen LogP contribution in [0, 0.1) is 0 Å². The Morgan fingerprint density at radius 1 is 1.64 bits per heavy atom. The molecule has 60 valence electrons. The van der Waals surface area contributed by atoms with Crippen LogP contribution in [0.15, 0.2) is 12.5 Å². The molecule has 0 aromatic carbocycles. The lowest BCUT2D eigenvalue weighted by molar-refractivity contribution is 0.0979. The van der Waals surface area contributed by atoms with Crippen molar-refractivity contribution in [3.8, 4) is 0 Å². The number of rotatable bonds is 3. The van der Waals surface area contributed by atoms with E-state index in [1.807, 2.05) is 18.4 Å². The molecule has 0 atom stereocenters. The molecule has 0 amide bonds. The van der Waals surface area contributed by atoms with Gasteiger partial charge in [-0.15, -0.1) is 0 Å². The molecule has 1 aromatic rings. The van der Waals surface area contributed by atoms with Crippen LogP contribution < -0.4 is 0 Å². The number of nitrogens with zero attached hydrogens (tertiary/aromatic N) is 2. The van der Waals surface area contributed by atoms with Crippen LogP contribution in [0.5, 0.6) is 0 Å². The van der Waals surface area contributed by atoms with E-state index in [4.69, 9.17) is 0 Å². The molecule has 1 aromatic heterocycles. The average Bonchev–Trinajstić information content (AvgIpc) is 2.50. The third-order valence-corrected chi connectivity index (χ3v) is 1.66. The largest absolute Gasteiger partial charge is 0.328 e. The SMILES string of the molecule is CCC(=O)c1cncn1CC. The summed E-state index contributed by atoms with van der Waals surface area (Å²) in [6.07, 6.45) is 3.85. The van der Waals surface area contributed by atoms with E-state index in [-0.39, 0.29) is 5.78 Å². The minimum Gasteiger partial charge on any atom is -0.328 e. The van der Waals surface area contributed by atoms with Gasteiger partial charge in [-0.1, -0.05) is 6.92 Å². The van der Waals surface area contributed by atoms with Crippen LogP contribution in [-0.2, 0) is 6.54 Å². The molecule has 1 heterocycles. The van der Waals surface area contributed by atoms with Gasteiger partial charge in [0.25, 0.3) is 0 Å². The van der Waals surface area contributed by atoms with Crippen molar-refractivity contribution in [1.82, 2.24) is 9.55 Å². The Balaban J connectivity index is 2.92. The van der Waals surface area contributed by atoms with Crippen molar-refractivity contribution in [3.05, 3.63) is 18.2 Å². The zero-order valence-corrected chi connectivity index (χ0v) is 6.87. The maximum Gasteiger partial charge on any atom is 0.180 e. The van der Waals surface area contributed by atoms with E-state index in [2.05, 4.69) is 4.98 Å². The molecule has 0 saturated carbocycles. The number of aryl methyl sites for hydroxylation is 1. The Hall–Kier alpha value is -1.12. The smallest absolute Gasteiger partial charge is 0.180 e. The van der Waals surface area contributed by atoms with E-state index in [0.717, 1.165) is 12.2 Å². The van der Waals surface area contributed by atoms with Gasteiger partial charge in [-0.3, -0.25) is 4.79 Å². The first-order valence-corrected chi connectivity index (χ1v) is 3.82. The molecule has 0 saturated heterocycles. The van der Waals surface area contributed by atoms with E-state index in [0.29, 0.717) is 6.42 Å². The molecule has 11 heavy (non-hydrogen) atoms. The summed E-state index contributed by atoms with van der Waals surface area (Å²) in [5.41, 5.74) is 0.718. The summed E-state index contributed by atoms with van der Waals surface area (Å²) in [4.78, 5) is 15.1. The molecular formula is C8H12N2O. The second-order valence-corrected chi connectivity index (χ2v) is 2.34. The third kappa shape index (κ3) is 1.48. The molecule has 3 heteroatoms. The summed E-state index contributed by atoms with van der Waals surface area (Å²) in [5.74, 6) is 0.157. The number of Topliss-reactive ketones (excluding diaryl/α,β-unsaturated/α-hetero) is 1.